The Bertz CT molecular complexity index is 684. The summed E-state index contributed by atoms with van der Waals surface area (Å²) < 4.78 is 3.03. The first-order valence-corrected chi connectivity index (χ1v) is 8.27. The number of hydrogen-bond donors (Lipinski definition) is 1. The highest BCUT2D eigenvalue weighted by atomic mass is 79.9. The average Bonchev–Trinajstić information content (AvgIpc) is 2.99. The molecule has 2 bridgehead atoms. The largest absolute Gasteiger partial charge is 0.348 e. The minimum atomic E-state index is 0.0438. The molecule has 0 saturated carbocycles. The topological polar surface area (TPSA) is 36.8 Å². The number of nitrogens with zero attached hydrogens (tertiary/aromatic N) is 2. The SMILES string of the molecule is O=C(NC1CC2CCN(C2)C1)c1ccn2cc(Br)cc2c1. The van der Waals surface area contributed by atoms with E-state index >= 15 is 0 Å². The molecule has 0 spiro atoms. The molecular weight excluding hydrogens is 330 g/mol. The van der Waals surface area contributed by atoms with Gasteiger partial charge in [0.05, 0.1) is 0 Å². The molecule has 2 aromatic rings. The molecule has 21 heavy (non-hydrogen) atoms. The molecule has 2 saturated heterocycles. The van der Waals surface area contributed by atoms with Crippen LogP contribution in [0.25, 0.3) is 5.52 Å². The first-order chi connectivity index (χ1) is 10.2. The number of amides is 1. The first-order valence-electron chi connectivity index (χ1n) is 7.48. The third-order valence-electron chi connectivity index (χ3n) is 4.63. The quantitative estimate of drug-likeness (QED) is 0.906. The van der Waals surface area contributed by atoms with E-state index < -0.39 is 0 Å². The Morgan fingerprint density at radius 3 is 3.10 bits per heavy atom. The van der Waals surface area contributed by atoms with Gasteiger partial charge in [-0.2, -0.15) is 0 Å². The molecule has 110 valence electrons. The van der Waals surface area contributed by atoms with Crippen molar-refractivity contribution < 1.29 is 4.79 Å². The molecule has 2 aliphatic heterocycles. The Morgan fingerprint density at radius 2 is 2.24 bits per heavy atom. The third-order valence-corrected chi connectivity index (χ3v) is 5.06. The number of nitrogens with one attached hydrogen (secondary N) is 1. The third kappa shape index (κ3) is 2.60. The van der Waals surface area contributed by atoms with Crippen LogP contribution >= 0.6 is 15.9 Å². The van der Waals surface area contributed by atoms with E-state index in [9.17, 15) is 4.79 Å². The zero-order valence-electron chi connectivity index (χ0n) is 11.8. The van der Waals surface area contributed by atoms with E-state index in [0.717, 1.165) is 34.4 Å². The predicted molar refractivity (Wildman–Crippen MR) is 85.5 cm³/mol. The fourth-order valence-electron chi connectivity index (χ4n) is 3.65. The highest BCUT2D eigenvalue weighted by Gasteiger charge is 2.32. The van der Waals surface area contributed by atoms with E-state index in [-0.39, 0.29) is 5.91 Å². The summed E-state index contributed by atoms with van der Waals surface area (Å²) in [4.78, 5) is 14.9. The molecule has 1 N–H and O–H groups in total. The van der Waals surface area contributed by atoms with E-state index in [1.807, 2.05) is 35.0 Å². The summed E-state index contributed by atoms with van der Waals surface area (Å²) in [6.45, 7) is 3.42. The van der Waals surface area contributed by atoms with Gasteiger partial charge in [-0.05, 0) is 59.4 Å². The van der Waals surface area contributed by atoms with Gasteiger partial charge in [-0.15, -0.1) is 0 Å². The summed E-state index contributed by atoms with van der Waals surface area (Å²) in [6.07, 6.45) is 6.34. The molecule has 3 unspecified atom stereocenters. The second-order valence-corrected chi connectivity index (χ2v) is 7.14. The van der Waals surface area contributed by atoms with Crippen molar-refractivity contribution in [3.8, 4) is 0 Å². The van der Waals surface area contributed by atoms with E-state index in [4.69, 9.17) is 0 Å². The van der Waals surface area contributed by atoms with Crippen LogP contribution in [-0.2, 0) is 0 Å². The molecule has 4 nitrogen and oxygen atoms in total. The van der Waals surface area contributed by atoms with Crippen LogP contribution in [0.5, 0.6) is 0 Å². The number of piperidine rings is 1. The van der Waals surface area contributed by atoms with Crippen LogP contribution in [0, 0.1) is 5.92 Å². The highest BCUT2D eigenvalue weighted by molar-refractivity contribution is 9.10. The number of fused-ring (bicyclic) bond motifs is 3. The summed E-state index contributed by atoms with van der Waals surface area (Å²) in [5.41, 5.74) is 1.77. The number of hydrogen-bond acceptors (Lipinski definition) is 2. The van der Waals surface area contributed by atoms with Crippen molar-refractivity contribution in [1.82, 2.24) is 14.6 Å². The van der Waals surface area contributed by atoms with Gasteiger partial charge in [-0.1, -0.05) is 0 Å². The van der Waals surface area contributed by atoms with Gasteiger partial charge in [-0.25, -0.2) is 0 Å². The predicted octanol–water partition coefficient (Wildman–Crippen LogP) is 2.53. The lowest BCUT2D eigenvalue weighted by Gasteiger charge is -2.30. The molecule has 1 amide bonds. The number of pyridine rings is 1. The Kier molecular flexibility index (Phi) is 3.27. The van der Waals surface area contributed by atoms with Gasteiger partial charge in [0.15, 0.2) is 0 Å². The fourth-order valence-corrected chi connectivity index (χ4v) is 4.10. The number of rotatable bonds is 2. The maximum Gasteiger partial charge on any atom is 0.251 e. The van der Waals surface area contributed by atoms with Gasteiger partial charge in [0, 0.05) is 47.1 Å². The zero-order chi connectivity index (χ0) is 14.4. The molecule has 3 atom stereocenters. The van der Waals surface area contributed by atoms with E-state index in [2.05, 4.69) is 26.1 Å². The molecule has 2 aliphatic rings. The summed E-state index contributed by atoms with van der Waals surface area (Å²) in [5, 5.41) is 3.21. The second kappa shape index (κ2) is 5.14. The smallest absolute Gasteiger partial charge is 0.251 e. The van der Waals surface area contributed by atoms with E-state index in [0.29, 0.717) is 6.04 Å². The standard InChI is InChI=1S/C16H18BrN3O/c17-13-7-15-6-12(2-4-20(15)9-13)16(21)18-14-5-11-1-3-19(8-11)10-14/h2,4,6-7,9,11,14H,1,3,5,8,10H2,(H,18,21). The molecule has 2 aromatic heterocycles. The maximum absolute atomic E-state index is 12.4. The molecule has 2 fully saturated rings. The van der Waals surface area contributed by atoms with Crippen molar-refractivity contribution in [2.24, 2.45) is 5.92 Å². The Hall–Kier alpha value is -1.33. The molecule has 0 aromatic carbocycles. The Morgan fingerprint density at radius 1 is 1.33 bits per heavy atom. The van der Waals surface area contributed by atoms with Crippen LogP contribution in [0.1, 0.15) is 23.2 Å². The van der Waals surface area contributed by atoms with Crippen molar-refractivity contribution in [1.29, 1.82) is 0 Å². The number of halogens is 1. The Balaban J connectivity index is 1.50. The molecule has 0 aliphatic carbocycles. The van der Waals surface area contributed by atoms with Gasteiger partial charge >= 0.3 is 0 Å². The molecule has 5 heteroatoms. The van der Waals surface area contributed by atoms with Crippen molar-refractivity contribution >= 4 is 27.4 Å². The zero-order valence-corrected chi connectivity index (χ0v) is 13.3. The number of carbonyl (C=O) groups is 1. The molecule has 4 rings (SSSR count). The minimum absolute atomic E-state index is 0.0438. The second-order valence-electron chi connectivity index (χ2n) is 6.23. The normalized spacial score (nSPS) is 28.0. The summed E-state index contributed by atoms with van der Waals surface area (Å²) in [6, 6.07) is 6.14. The van der Waals surface area contributed by atoms with E-state index in [1.165, 1.54) is 19.5 Å². The Labute approximate surface area is 132 Å². The lowest BCUT2D eigenvalue weighted by atomic mass is 9.96. The lowest BCUT2D eigenvalue weighted by molar-refractivity contribution is 0.0909. The van der Waals surface area contributed by atoms with Crippen LogP contribution in [0.3, 0.4) is 0 Å². The van der Waals surface area contributed by atoms with Crippen LogP contribution in [-0.4, -0.2) is 40.9 Å². The molecular formula is C16H18BrN3O. The van der Waals surface area contributed by atoms with Crippen molar-refractivity contribution in [3.05, 3.63) is 40.6 Å². The molecule has 0 radical (unpaired) electrons. The highest BCUT2D eigenvalue weighted by Crippen LogP contribution is 2.27. The van der Waals surface area contributed by atoms with Crippen LogP contribution in [0.2, 0.25) is 0 Å². The summed E-state index contributed by atoms with van der Waals surface area (Å²) >= 11 is 3.46. The van der Waals surface area contributed by atoms with Crippen molar-refractivity contribution in [2.45, 2.75) is 18.9 Å². The fraction of sp³-hybridized carbons (Fsp3) is 0.438. The van der Waals surface area contributed by atoms with Gasteiger partial charge in [0.2, 0.25) is 0 Å². The number of carbonyl (C=O) groups excluding carboxylic acids is 1. The van der Waals surface area contributed by atoms with Gasteiger partial charge in [0.25, 0.3) is 5.91 Å². The molecule has 4 heterocycles. The van der Waals surface area contributed by atoms with Crippen LogP contribution in [0.15, 0.2) is 35.1 Å². The minimum Gasteiger partial charge on any atom is -0.348 e. The van der Waals surface area contributed by atoms with Gasteiger partial charge < -0.3 is 14.6 Å². The maximum atomic E-state index is 12.4. The summed E-state index contributed by atoms with van der Waals surface area (Å²) in [7, 11) is 0. The monoisotopic (exact) mass is 347 g/mol. The summed E-state index contributed by atoms with van der Waals surface area (Å²) in [5.74, 6) is 0.815. The van der Waals surface area contributed by atoms with Crippen molar-refractivity contribution in [3.63, 3.8) is 0 Å². The van der Waals surface area contributed by atoms with Gasteiger partial charge in [-0.3, -0.25) is 4.79 Å². The average molecular weight is 348 g/mol. The first kappa shape index (κ1) is 13.3. The number of aromatic nitrogens is 1. The van der Waals surface area contributed by atoms with Crippen LogP contribution < -0.4 is 5.32 Å². The van der Waals surface area contributed by atoms with E-state index in [1.54, 1.807) is 0 Å². The van der Waals surface area contributed by atoms with Gasteiger partial charge in [0.1, 0.15) is 0 Å². The van der Waals surface area contributed by atoms with Crippen LogP contribution in [0.4, 0.5) is 0 Å². The lowest BCUT2D eigenvalue weighted by Crippen LogP contribution is -2.47. The van der Waals surface area contributed by atoms with Crippen molar-refractivity contribution in [2.75, 3.05) is 19.6 Å².